The van der Waals surface area contributed by atoms with Crippen LogP contribution in [0.2, 0.25) is 10.0 Å². The largest absolute Gasteiger partial charge is 0.326 e. The third-order valence-corrected chi connectivity index (χ3v) is 7.46. The molecule has 0 bridgehead atoms. The fourth-order valence-corrected chi connectivity index (χ4v) is 5.69. The van der Waals surface area contributed by atoms with Crippen LogP contribution >= 0.6 is 23.2 Å². The number of hydrogen-bond donors (Lipinski definition) is 1. The van der Waals surface area contributed by atoms with Crippen LogP contribution in [0.15, 0.2) is 47.4 Å². The van der Waals surface area contributed by atoms with Gasteiger partial charge in [0, 0.05) is 24.7 Å². The lowest BCUT2D eigenvalue weighted by atomic mass is 9.97. The Balaban J connectivity index is 1.67. The summed E-state index contributed by atoms with van der Waals surface area (Å²) in [6.07, 6.45) is 0.760. The van der Waals surface area contributed by atoms with Crippen LogP contribution in [-0.4, -0.2) is 31.7 Å². The lowest BCUT2D eigenvalue weighted by Gasteiger charge is -2.31. The highest BCUT2D eigenvalue weighted by Gasteiger charge is 2.34. The van der Waals surface area contributed by atoms with Crippen molar-refractivity contribution in [2.45, 2.75) is 17.7 Å². The number of nitriles is 1. The molecule has 3 rings (SSSR count). The zero-order valence-electron chi connectivity index (χ0n) is 14.7. The Morgan fingerprint density at radius 2 is 1.71 bits per heavy atom. The third kappa shape index (κ3) is 4.31. The number of halogens is 2. The lowest BCUT2D eigenvalue weighted by Crippen LogP contribution is -2.41. The molecule has 0 saturated carbocycles. The van der Waals surface area contributed by atoms with E-state index < -0.39 is 10.0 Å². The number of piperidine rings is 1. The van der Waals surface area contributed by atoms with Gasteiger partial charge < -0.3 is 5.32 Å². The molecule has 0 aromatic heterocycles. The van der Waals surface area contributed by atoms with Crippen molar-refractivity contribution >= 4 is 44.8 Å². The van der Waals surface area contributed by atoms with E-state index in [0.29, 0.717) is 24.1 Å². The number of sulfonamides is 1. The number of amides is 1. The Morgan fingerprint density at radius 3 is 2.32 bits per heavy atom. The van der Waals surface area contributed by atoms with Crippen molar-refractivity contribution in [1.82, 2.24) is 4.31 Å². The molecule has 0 spiro atoms. The van der Waals surface area contributed by atoms with Crippen LogP contribution in [0.1, 0.15) is 18.4 Å². The minimum Gasteiger partial charge on any atom is -0.326 e. The highest BCUT2D eigenvalue weighted by molar-refractivity contribution is 7.89. The number of nitrogens with one attached hydrogen (secondary N) is 1. The average Bonchev–Trinajstić information content (AvgIpc) is 2.68. The summed E-state index contributed by atoms with van der Waals surface area (Å²) in [5.41, 5.74) is 0.997. The van der Waals surface area contributed by atoms with Crippen molar-refractivity contribution < 1.29 is 13.2 Å². The molecule has 1 aliphatic heterocycles. The minimum atomic E-state index is -3.84. The summed E-state index contributed by atoms with van der Waals surface area (Å²) in [6.45, 7) is 0.389. The van der Waals surface area contributed by atoms with Gasteiger partial charge in [-0.3, -0.25) is 4.79 Å². The van der Waals surface area contributed by atoms with Gasteiger partial charge in [-0.2, -0.15) is 9.57 Å². The summed E-state index contributed by atoms with van der Waals surface area (Å²) in [4.78, 5) is 12.4. The molecule has 2 aromatic carbocycles. The summed E-state index contributed by atoms with van der Waals surface area (Å²) in [7, 11) is -3.84. The van der Waals surface area contributed by atoms with E-state index >= 15 is 0 Å². The van der Waals surface area contributed by atoms with E-state index in [9.17, 15) is 13.2 Å². The van der Waals surface area contributed by atoms with Gasteiger partial charge in [-0.05, 0) is 43.2 Å². The highest BCUT2D eigenvalue weighted by atomic mass is 35.5. The predicted molar refractivity (Wildman–Crippen MR) is 108 cm³/mol. The van der Waals surface area contributed by atoms with Crippen LogP contribution in [0.4, 0.5) is 5.69 Å². The molecule has 1 saturated heterocycles. The monoisotopic (exact) mass is 437 g/mol. The van der Waals surface area contributed by atoms with Crippen LogP contribution in [0.3, 0.4) is 0 Å². The molecule has 1 heterocycles. The van der Waals surface area contributed by atoms with Crippen molar-refractivity contribution in [3.63, 3.8) is 0 Å². The van der Waals surface area contributed by atoms with E-state index in [1.807, 2.05) is 6.07 Å². The van der Waals surface area contributed by atoms with Crippen LogP contribution in [0.5, 0.6) is 0 Å². The minimum absolute atomic E-state index is 0.0738. The fraction of sp³-hybridized carbons (Fsp3) is 0.263. The van der Waals surface area contributed by atoms with Gasteiger partial charge in [-0.1, -0.05) is 35.3 Å². The topological polar surface area (TPSA) is 90.3 Å². The van der Waals surface area contributed by atoms with E-state index in [4.69, 9.17) is 28.5 Å². The van der Waals surface area contributed by atoms with E-state index in [1.165, 1.54) is 16.4 Å². The molecule has 0 atom stereocenters. The Kier molecular flexibility index (Phi) is 6.26. The number of rotatable bonds is 4. The van der Waals surface area contributed by atoms with Crippen LogP contribution in [0, 0.1) is 17.2 Å². The van der Waals surface area contributed by atoms with E-state index in [1.54, 1.807) is 30.3 Å². The van der Waals surface area contributed by atoms with Crippen LogP contribution in [0.25, 0.3) is 0 Å². The molecule has 1 aliphatic rings. The smallest absolute Gasteiger partial charge is 0.246 e. The summed E-state index contributed by atoms with van der Waals surface area (Å²) < 4.78 is 27.1. The first-order valence-electron chi connectivity index (χ1n) is 8.58. The SMILES string of the molecule is N#Cc1cccc(NC(=O)C2CCN(S(=O)(=O)c3c(Cl)cccc3Cl)CC2)c1. The molecule has 9 heteroatoms. The number of nitrogens with zero attached hydrogens (tertiary/aromatic N) is 2. The molecule has 6 nitrogen and oxygen atoms in total. The molecular weight excluding hydrogens is 421 g/mol. The third-order valence-electron chi connectivity index (χ3n) is 4.60. The van der Waals surface area contributed by atoms with Gasteiger partial charge in [-0.25, -0.2) is 8.42 Å². The van der Waals surface area contributed by atoms with Gasteiger partial charge in [0.2, 0.25) is 15.9 Å². The molecule has 1 N–H and O–H groups in total. The van der Waals surface area contributed by atoms with Crippen molar-refractivity contribution in [3.05, 3.63) is 58.1 Å². The number of carbonyl (C=O) groups is 1. The zero-order valence-corrected chi connectivity index (χ0v) is 17.1. The first-order valence-corrected chi connectivity index (χ1v) is 10.8. The van der Waals surface area contributed by atoms with Crippen LogP contribution < -0.4 is 5.32 Å². The number of anilines is 1. The van der Waals surface area contributed by atoms with Gasteiger partial charge in [-0.15, -0.1) is 0 Å². The zero-order chi connectivity index (χ0) is 20.3. The second kappa shape index (κ2) is 8.50. The summed E-state index contributed by atoms with van der Waals surface area (Å²) in [6, 6.07) is 13.2. The lowest BCUT2D eigenvalue weighted by molar-refractivity contribution is -0.120. The van der Waals surface area contributed by atoms with Crippen molar-refractivity contribution in [3.8, 4) is 6.07 Å². The highest BCUT2D eigenvalue weighted by Crippen LogP contribution is 2.33. The number of benzene rings is 2. The summed E-state index contributed by atoms with van der Waals surface area (Å²) in [5.74, 6) is -0.512. The second-order valence-corrected chi connectivity index (χ2v) is 9.10. The van der Waals surface area contributed by atoms with E-state index in [-0.39, 0.29) is 39.9 Å². The van der Waals surface area contributed by atoms with E-state index in [2.05, 4.69) is 5.32 Å². The quantitative estimate of drug-likeness (QED) is 0.784. The number of carbonyl (C=O) groups excluding carboxylic acids is 1. The molecular formula is C19H17Cl2N3O3S. The Morgan fingerprint density at radius 1 is 1.11 bits per heavy atom. The standard InChI is InChI=1S/C19H17Cl2N3O3S/c20-16-5-2-6-17(21)18(16)28(26,27)24-9-7-14(8-10-24)19(25)23-15-4-1-3-13(11-15)12-22/h1-6,11,14H,7-10H2,(H,23,25). The Labute approximate surface area is 173 Å². The Hall–Kier alpha value is -2.11. The Bertz CT molecular complexity index is 1020. The summed E-state index contributed by atoms with van der Waals surface area (Å²) in [5, 5.41) is 11.9. The van der Waals surface area contributed by atoms with Gasteiger partial charge in [0.25, 0.3) is 0 Å². The van der Waals surface area contributed by atoms with Gasteiger partial charge in [0.05, 0.1) is 21.7 Å². The molecule has 1 amide bonds. The average molecular weight is 438 g/mol. The van der Waals surface area contributed by atoms with Crippen molar-refractivity contribution in [2.24, 2.45) is 5.92 Å². The molecule has 0 unspecified atom stereocenters. The molecule has 28 heavy (non-hydrogen) atoms. The van der Waals surface area contributed by atoms with Crippen molar-refractivity contribution in [2.75, 3.05) is 18.4 Å². The molecule has 146 valence electrons. The van der Waals surface area contributed by atoms with E-state index in [0.717, 1.165) is 0 Å². The number of hydrogen-bond acceptors (Lipinski definition) is 4. The van der Waals surface area contributed by atoms with Gasteiger partial charge in [0.15, 0.2) is 0 Å². The van der Waals surface area contributed by atoms with Gasteiger partial charge >= 0.3 is 0 Å². The summed E-state index contributed by atoms with van der Waals surface area (Å²) >= 11 is 12.1. The van der Waals surface area contributed by atoms with Gasteiger partial charge in [0.1, 0.15) is 4.90 Å². The maximum Gasteiger partial charge on any atom is 0.246 e. The molecule has 2 aromatic rings. The first-order chi connectivity index (χ1) is 13.3. The fourth-order valence-electron chi connectivity index (χ4n) is 3.13. The van der Waals surface area contributed by atoms with Crippen LogP contribution in [-0.2, 0) is 14.8 Å². The predicted octanol–water partition coefficient (Wildman–Crippen LogP) is 3.90. The molecule has 1 fully saturated rings. The molecule has 0 aliphatic carbocycles. The van der Waals surface area contributed by atoms with Crippen molar-refractivity contribution in [1.29, 1.82) is 5.26 Å². The molecule has 0 radical (unpaired) electrons. The maximum absolute atomic E-state index is 12.9. The maximum atomic E-state index is 12.9. The second-order valence-electron chi connectivity index (χ2n) is 6.41. The first kappa shape index (κ1) is 20.6. The normalized spacial score (nSPS) is 15.8.